The summed E-state index contributed by atoms with van der Waals surface area (Å²) in [5.41, 5.74) is 0. The number of ether oxygens (including phenoxy) is 2. The van der Waals surface area contributed by atoms with Crippen LogP contribution in [0.3, 0.4) is 0 Å². The lowest BCUT2D eigenvalue weighted by atomic mass is 9.97. The van der Waals surface area contributed by atoms with Crippen molar-refractivity contribution in [3.05, 3.63) is 30.1 Å². The van der Waals surface area contributed by atoms with Gasteiger partial charge in [-0.15, -0.1) is 0 Å². The summed E-state index contributed by atoms with van der Waals surface area (Å²) in [5, 5.41) is 0. The van der Waals surface area contributed by atoms with Crippen molar-refractivity contribution in [2.45, 2.75) is 32.6 Å². The average Bonchev–Trinajstić information content (AvgIpc) is 2.57. The van der Waals surface area contributed by atoms with Crippen LogP contribution in [0.25, 0.3) is 0 Å². The van der Waals surface area contributed by atoms with Gasteiger partial charge in [0.25, 0.3) is 0 Å². The van der Waals surface area contributed by atoms with E-state index in [1.165, 1.54) is 11.0 Å². The summed E-state index contributed by atoms with van der Waals surface area (Å²) in [6.45, 7) is 5.99. The van der Waals surface area contributed by atoms with Crippen molar-refractivity contribution < 1.29 is 23.6 Å². The second-order valence-electron chi connectivity index (χ2n) is 6.01. The first-order chi connectivity index (χ1) is 11.2. The van der Waals surface area contributed by atoms with Crippen LogP contribution in [0, 0.1) is 11.7 Å². The molecule has 23 heavy (non-hydrogen) atoms. The van der Waals surface area contributed by atoms with Gasteiger partial charge in [-0.05, 0) is 31.9 Å². The van der Waals surface area contributed by atoms with Gasteiger partial charge in [0, 0.05) is 12.8 Å². The van der Waals surface area contributed by atoms with Gasteiger partial charge in [-0.3, -0.25) is 4.79 Å². The van der Waals surface area contributed by atoms with Gasteiger partial charge in [-0.25, -0.2) is 4.39 Å². The molecule has 1 aliphatic rings. The Kier molecular flexibility index (Phi) is 7.33. The Morgan fingerprint density at radius 2 is 2.00 bits per heavy atom. The molecule has 4 nitrogen and oxygen atoms in total. The van der Waals surface area contributed by atoms with Gasteiger partial charge < -0.3 is 14.4 Å². The van der Waals surface area contributed by atoms with Crippen molar-refractivity contribution in [1.82, 2.24) is 0 Å². The van der Waals surface area contributed by atoms with E-state index in [4.69, 9.17) is 9.47 Å². The van der Waals surface area contributed by atoms with Crippen LogP contribution in [0.4, 0.5) is 4.39 Å². The number of hydrogen-bond acceptors (Lipinski definition) is 3. The fraction of sp³-hybridized carbons (Fsp3) is 0.611. The number of likely N-dealkylation sites (tertiary alicyclic amines) is 1. The predicted octanol–water partition coefficient (Wildman–Crippen LogP) is 1.84. The van der Waals surface area contributed by atoms with E-state index >= 15 is 0 Å². The highest BCUT2D eigenvalue weighted by molar-refractivity contribution is 5.72. The summed E-state index contributed by atoms with van der Waals surface area (Å²) in [6.07, 6.45) is 3.80. The van der Waals surface area contributed by atoms with Crippen molar-refractivity contribution in [3.8, 4) is 5.75 Å². The molecule has 1 aromatic carbocycles. The number of piperidine rings is 1. The Bertz CT molecular complexity index is 487. The van der Waals surface area contributed by atoms with Crippen molar-refractivity contribution >= 4 is 5.97 Å². The number of quaternary nitrogens is 1. The molecule has 0 aromatic heterocycles. The summed E-state index contributed by atoms with van der Waals surface area (Å²) in [6, 6.07) is 6.50. The summed E-state index contributed by atoms with van der Waals surface area (Å²) < 4.78 is 23.9. The summed E-state index contributed by atoms with van der Waals surface area (Å²) in [4.78, 5) is 13.2. The van der Waals surface area contributed by atoms with Crippen LogP contribution in [-0.4, -0.2) is 38.8 Å². The lowest BCUT2D eigenvalue weighted by molar-refractivity contribution is -0.906. The number of carbonyl (C=O) groups excluding carboxylic acids is 1. The third kappa shape index (κ3) is 5.82. The summed E-state index contributed by atoms with van der Waals surface area (Å²) in [5.74, 6) is 0.0715. The minimum absolute atomic E-state index is 0.0372. The zero-order chi connectivity index (χ0) is 16.5. The molecule has 1 fully saturated rings. The van der Waals surface area contributed by atoms with E-state index in [1.54, 1.807) is 18.2 Å². The third-order valence-electron chi connectivity index (χ3n) is 4.33. The number of nitrogens with one attached hydrogen (secondary N) is 1. The molecule has 0 atom stereocenters. The van der Waals surface area contributed by atoms with Crippen LogP contribution in [-0.2, 0) is 9.53 Å². The molecule has 0 amide bonds. The van der Waals surface area contributed by atoms with E-state index in [-0.39, 0.29) is 17.7 Å². The Morgan fingerprint density at radius 1 is 1.26 bits per heavy atom. The van der Waals surface area contributed by atoms with E-state index < -0.39 is 0 Å². The highest BCUT2D eigenvalue weighted by Gasteiger charge is 2.27. The fourth-order valence-corrected chi connectivity index (χ4v) is 2.99. The van der Waals surface area contributed by atoms with Gasteiger partial charge in [0.05, 0.1) is 38.8 Å². The molecular formula is C18H27FNO3+. The highest BCUT2D eigenvalue weighted by Crippen LogP contribution is 2.15. The number of carbonyl (C=O) groups is 1. The SMILES string of the molecule is CCOC(=O)C1CC[NH+](CCCCOc2ccccc2F)CC1. The number of hydrogen-bond donors (Lipinski definition) is 1. The first-order valence-electron chi connectivity index (χ1n) is 8.58. The smallest absolute Gasteiger partial charge is 0.309 e. The van der Waals surface area contributed by atoms with E-state index in [9.17, 15) is 9.18 Å². The molecule has 0 bridgehead atoms. The lowest BCUT2D eigenvalue weighted by Gasteiger charge is -2.28. The van der Waals surface area contributed by atoms with Gasteiger partial charge in [-0.2, -0.15) is 0 Å². The second-order valence-corrected chi connectivity index (χ2v) is 6.01. The number of halogens is 1. The van der Waals surface area contributed by atoms with Crippen LogP contribution < -0.4 is 9.64 Å². The predicted molar refractivity (Wildman–Crippen MR) is 86.0 cm³/mol. The Balaban J connectivity index is 1.56. The lowest BCUT2D eigenvalue weighted by Crippen LogP contribution is -3.13. The quantitative estimate of drug-likeness (QED) is 0.586. The van der Waals surface area contributed by atoms with E-state index in [0.717, 1.165) is 45.3 Å². The van der Waals surface area contributed by atoms with Crippen molar-refractivity contribution in [3.63, 3.8) is 0 Å². The summed E-state index contributed by atoms with van der Waals surface area (Å²) in [7, 11) is 0. The van der Waals surface area contributed by atoms with Crippen LogP contribution >= 0.6 is 0 Å². The molecule has 0 saturated carbocycles. The molecule has 5 heteroatoms. The largest absolute Gasteiger partial charge is 0.491 e. The maximum Gasteiger partial charge on any atom is 0.309 e. The van der Waals surface area contributed by atoms with Gasteiger partial charge >= 0.3 is 5.97 Å². The molecule has 1 aliphatic heterocycles. The molecule has 0 unspecified atom stereocenters. The average molecular weight is 324 g/mol. The van der Waals surface area contributed by atoms with Crippen LogP contribution in [0.1, 0.15) is 32.6 Å². The third-order valence-corrected chi connectivity index (χ3v) is 4.33. The molecule has 2 rings (SSSR count). The maximum absolute atomic E-state index is 13.4. The van der Waals surface area contributed by atoms with Gasteiger partial charge in [0.2, 0.25) is 0 Å². The standard InChI is InChI=1S/C18H26FNO3/c1-2-22-18(21)15-9-12-20(13-10-15)11-5-6-14-23-17-8-4-3-7-16(17)19/h3-4,7-8,15H,2,5-6,9-14H2,1H3/p+1. The number of rotatable bonds is 8. The number of benzene rings is 1. The minimum atomic E-state index is -0.306. The molecule has 1 heterocycles. The minimum Gasteiger partial charge on any atom is -0.491 e. The van der Waals surface area contributed by atoms with Gasteiger partial charge in [0.1, 0.15) is 0 Å². The molecule has 1 N–H and O–H groups in total. The fourth-order valence-electron chi connectivity index (χ4n) is 2.99. The zero-order valence-corrected chi connectivity index (χ0v) is 13.9. The summed E-state index contributed by atoms with van der Waals surface area (Å²) >= 11 is 0. The van der Waals surface area contributed by atoms with E-state index in [0.29, 0.717) is 19.0 Å². The molecular weight excluding hydrogens is 297 g/mol. The van der Waals surface area contributed by atoms with Gasteiger partial charge in [-0.1, -0.05) is 12.1 Å². The van der Waals surface area contributed by atoms with Crippen LogP contribution in [0.2, 0.25) is 0 Å². The van der Waals surface area contributed by atoms with Gasteiger partial charge in [0.15, 0.2) is 11.6 Å². The first-order valence-corrected chi connectivity index (χ1v) is 8.58. The van der Waals surface area contributed by atoms with Crippen molar-refractivity contribution in [1.29, 1.82) is 0 Å². The Labute approximate surface area is 137 Å². The van der Waals surface area contributed by atoms with E-state index in [2.05, 4.69) is 0 Å². The maximum atomic E-state index is 13.4. The number of para-hydroxylation sites is 1. The van der Waals surface area contributed by atoms with Crippen LogP contribution in [0.5, 0.6) is 5.75 Å². The monoisotopic (exact) mass is 324 g/mol. The molecule has 128 valence electrons. The van der Waals surface area contributed by atoms with Crippen molar-refractivity contribution in [2.75, 3.05) is 32.8 Å². The molecule has 1 aromatic rings. The van der Waals surface area contributed by atoms with Crippen LogP contribution in [0.15, 0.2) is 24.3 Å². The molecule has 0 radical (unpaired) electrons. The normalized spacial score (nSPS) is 21.0. The Morgan fingerprint density at radius 3 is 2.70 bits per heavy atom. The topological polar surface area (TPSA) is 40.0 Å². The number of unbranched alkanes of at least 4 members (excludes halogenated alkanes) is 1. The number of esters is 1. The molecule has 0 aliphatic carbocycles. The molecule has 0 spiro atoms. The van der Waals surface area contributed by atoms with E-state index in [1.807, 2.05) is 6.92 Å². The first kappa shape index (κ1) is 17.7. The molecule has 1 saturated heterocycles. The second kappa shape index (κ2) is 9.50. The zero-order valence-electron chi connectivity index (χ0n) is 13.9. The van der Waals surface area contributed by atoms with Crippen molar-refractivity contribution in [2.24, 2.45) is 5.92 Å². The highest BCUT2D eigenvalue weighted by atomic mass is 19.1. The Hall–Kier alpha value is -1.62.